The molecule has 3 rings (SSSR count). The molecule has 3 aromatic carbocycles. The number of ether oxygens (including phenoxy) is 1. The molecular weight excluding hydrogens is 439 g/mol. The van der Waals surface area contributed by atoms with E-state index in [1.807, 2.05) is 24.3 Å². The Morgan fingerprint density at radius 2 is 1.67 bits per heavy atom. The molecule has 0 atom stereocenters. The highest BCUT2D eigenvalue weighted by atomic mass is 32.2. The molecule has 7 heteroatoms. The molecule has 0 heterocycles. The fraction of sp³-hybridized carbons (Fsp3) is 0.231. The van der Waals surface area contributed by atoms with Gasteiger partial charge in [-0.3, -0.25) is 9.59 Å². The van der Waals surface area contributed by atoms with Crippen molar-refractivity contribution in [1.82, 2.24) is 0 Å². The molecule has 0 saturated heterocycles. The Labute approximate surface area is 197 Å². The number of anilines is 2. The summed E-state index contributed by atoms with van der Waals surface area (Å²) in [6, 6.07) is 18.4. The maximum absolute atomic E-state index is 13.1. The van der Waals surface area contributed by atoms with Crippen LogP contribution in [0.5, 0.6) is 5.75 Å². The van der Waals surface area contributed by atoms with Crippen LogP contribution >= 0.6 is 11.8 Å². The predicted octanol–water partition coefficient (Wildman–Crippen LogP) is 6.11. The lowest BCUT2D eigenvalue weighted by atomic mass is 9.87. The van der Waals surface area contributed by atoms with E-state index in [1.165, 1.54) is 36.0 Å². The Balaban J connectivity index is 1.73. The Kier molecular flexibility index (Phi) is 7.76. The van der Waals surface area contributed by atoms with Gasteiger partial charge in [0.15, 0.2) is 0 Å². The molecule has 0 spiro atoms. The van der Waals surface area contributed by atoms with Crippen LogP contribution < -0.4 is 15.4 Å². The van der Waals surface area contributed by atoms with Crippen molar-refractivity contribution in [3.63, 3.8) is 0 Å². The fourth-order valence-corrected chi connectivity index (χ4v) is 3.97. The molecule has 0 aliphatic heterocycles. The molecule has 0 radical (unpaired) electrons. The average molecular weight is 467 g/mol. The van der Waals surface area contributed by atoms with Crippen molar-refractivity contribution < 1.29 is 18.7 Å². The van der Waals surface area contributed by atoms with E-state index in [4.69, 9.17) is 4.74 Å². The van der Waals surface area contributed by atoms with E-state index in [1.54, 1.807) is 25.3 Å². The van der Waals surface area contributed by atoms with Gasteiger partial charge in [-0.15, -0.1) is 11.8 Å². The summed E-state index contributed by atoms with van der Waals surface area (Å²) in [6.07, 6.45) is 0. The molecule has 33 heavy (non-hydrogen) atoms. The predicted molar refractivity (Wildman–Crippen MR) is 132 cm³/mol. The second kappa shape index (κ2) is 10.5. The van der Waals surface area contributed by atoms with E-state index < -0.39 is 0 Å². The van der Waals surface area contributed by atoms with Crippen LogP contribution in [0.4, 0.5) is 15.8 Å². The molecule has 3 aromatic rings. The third-order valence-electron chi connectivity index (χ3n) is 4.93. The highest BCUT2D eigenvalue weighted by Gasteiger charge is 2.19. The monoisotopic (exact) mass is 466 g/mol. The minimum absolute atomic E-state index is 0.0859. The van der Waals surface area contributed by atoms with E-state index in [-0.39, 0.29) is 28.8 Å². The Morgan fingerprint density at radius 1 is 0.970 bits per heavy atom. The molecule has 172 valence electrons. The summed E-state index contributed by atoms with van der Waals surface area (Å²) >= 11 is 1.26. The highest BCUT2D eigenvalue weighted by molar-refractivity contribution is 8.00. The largest absolute Gasteiger partial charge is 0.495 e. The molecule has 0 aliphatic carbocycles. The molecule has 0 aliphatic rings. The van der Waals surface area contributed by atoms with Crippen LogP contribution in [0.25, 0.3) is 0 Å². The standard InChI is InChI=1S/C26H27FN2O3S/c1-26(2,3)17-9-14-22(32-4)21(15-17)29-25(31)20-7-5-6-8-23(20)33-16-24(30)28-19-12-10-18(27)11-13-19/h5-15H,16H2,1-4H3,(H,28,30)(H,29,31). The first-order chi connectivity index (χ1) is 15.7. The second-order valence-corrected chi connectivity index (χ2v) is 9.48. The summed E-state index contributed by atoms with van der Waals surface area (Å²) in [6.45, 7) is 6.30. The number of halogens is 1. The third kappa shape index (κ3) is 6.58. The van der Waals surface area contributed by atoms with Crippen molar-refractivity contribution in [3.8, 4) is 5.75 Å². The molecule has 0 unspecified atom stereocenters. The van der Waals surface area contributed by atoms with Gasteiger partial charge in [0.25, 0.3) is 5.91 Å². The molecule has 0 saturated carbocycles. The minimum atomic E-state index is -0.369. The van der Waals surface area contributed by atoms with Gasteiger partial charge in [-0.05, 0) is 59.5 Å². The number of nitrogens with one attached hydrogen (secondary N) is 2. The zero-order valence-electron chi connectivity index (χ0n) is 19.1. The maximum atomic E-state index is 13.1. The fourth-order valence-electron chi connectivity index (χ4n) is 3.12. The van der Waals surface area contributed by atoms with Crippen LogP contribution in [0.15, 0.2) is 71.6 Å². The van der Waals surface area contributed by atoms with E-state index >= 15 is 0 Å². The van der Waals surface area contributed by atoms with Crippen LogP contribution in [-0.4, -0.2) is 24.7 Å². The van der Waals surface area contributed by atoms with Crippen molar-refractivity contribution >= 4 is 35.0 Å². The van der Waals surface area contributed by atoms with Crippen molar-refractivity contribution in [2.75, 3.05) is 23.5 Å². The molecule has 0 aromatic heterocycles. The first kappa shape index (κ1) is 24.3. The van der Waals surface area contributed by atoms with Crippen molar-refractivity contribution in [2.45, 2.75) is 31.1 Å². The van der Waals surface area contributed by atoms with E-state index in [0.717, 1.165) is 5.56 Å². The SMILES string of the molecule is COc1ccc(C(C)(C)C)cc1NC(=O)c1ccccc1SCC(=O)Nc1ccc(F)cc1. The lowest BCUT2D eigenvalue weighted by Gasteiger charge is -2.21. The summed E-state index contributed by atoms with van der Waals surface area (Å²) in [7, 11) is 1.56. The Hall–Kier alpha value is -3.32. The van der Waals surface area contributed by atoms with Crippen LogP contribution in [0, 0.1) is 5.82 Å². The summed E-state index contributed by atoms with van der Waals surface area (Å²) in [5.41, 5.74) is 2.54. The third-order valence-corrected chi connectivity index (χ3v) is 6.01. The number of amides is 2. The van der Waals surface area contributed by atoms with Crippen molar-refractivity contribution in [2.24, 2.45) is 0 Å². The highest BCUT2D eigenvalue weighted by Crippen LogP contribution is 2.32. The van der Waals surface area contributed by atoms with E-state index in [9.17, 15) is 14.0 Å². The van der Waals surface area contributed by atoms with Gasteiger partial charge >= 0.3 is 0 Å². The zero-order chi connectivity index (χ0) is 24.0. The van der Waals surface area contributed by atoms with Crippen molar-refractivity contribution in [1.29, 1.82) is 0 Å². The van der Waals surface area contributed by atoms with Crippen LogP contribution in [-0.2, 0) is 10.2 Å². The molecule has 2 N–H and O–H groups in total. The van der Waals surface area contributed by atoms with Gasteiger partial charge in [-0.2, -0.15) is 0 Å². The van der Waals surface area contributed by atoms with Gasteiger partial charge in [0.1, 0.15) is 11.6 Å². The first-order valence-electron chi connectivity index (χ1n) is 10.4. The number of hydrogen-bond acceptors (Lipinski definition) is 4. The van der Waals surface area contributed by atoms with Crippen molar-refractivity contribution in [3.05, 3.63) is 83.7 Å². The normalized spacial score (nSPS) is 11.1. The zero-order valence-corrected chi connectivity index (χ0v) is 19.9. The number of benzene rings is 3. The van der Waals surface area contributed by atoms with Crippen LogP contribution in [0.1, 0.15) is 36.7 Å². The number of carbonyl (C=O) groups excluding carboxylic acids is 2. The van der Waals surface area contributed by atoms with E-state index in [2.05, 4.69) is 31.4 Å². The van der Waals surface area contributed by atoms with E-state index in [0.29, 0.717) is 27.6 Å². The smallest absolute Gasteiger partial charge is 0.256 e. The van der Waals surface area contributed by atoms with Gasteiger partial charge in [0, 0.05) is 10.6 Å². The Bertz CT molecular complexity index is 1140. The van der Waals surface area contributed by atoms with Gasteiger partial charge in [-0.25, -0.2) is 4.39 Å². The van der Waals surface area contributed by atoms with Gasteiger partial charge < -0.3 is 15.4 Å². The summed E-state index contributed by atoms with van der Waals surface area (Å²) in [5.74, 6) is -0.236. The number of hydrogen-bond donors (Lipinski definition) is 2. The number of rotatable bonds is 7. The summed E-state index contributed by atoms with van der Waals surface area (Å²) in [5, 5.41) is 5.67. The molecule has 0 fully saturated rings. The Morgan fingerprint density at radius 3 is 2.33 bits per heavy atom. The van der Waals surface area contributed by atoms with Crippen LogP contribution in [0.3, 0.4) is 0 Å². The summed E-state index contributed by atoms with van der Waals surface area (Å²) < 4.78 is 18.5. The quantitative estimate of drug-likeness (QED) is 0.412. The molecule has 2 amide bonds. The summed E-state index contributed by atoms with van der Waals surface area (Å²) in [4.78, 5) is 26.1. The lowest BCUT2D eigenvalue weighted by Crippen LogP contribution is -2.17. The van der Waals surface area contributed by atoms with Gasteiger partial charge in [-0.1, -0.05) is 39.0 Å². The maximum Gasteiger partial charge on any atom is 0.256 e. The topological polar surface area (TPSA) is 67.4 Å². The molecule has 0 bridgehead atoms. The molecular formula is C26H27FN2O3S. The van der Waals surface area contributed by atoms with Gasteiger partial charge in [0.2, 0.25) is 5.91 Å². The van der Waals surface area contributed by atoms with Gasteiger partial charge in [0.05, 0.1) is 24.1 Å². The number of carbonyl (C=O) groups is 2. The number of methoxy groups -OCH3 is 1. The molecule has 5 nitrogen and oxygen atoms in total. The average Bonchev–Trinajstić information content (AvgIpc) is 2.78. The lowest BCUT2D eigenvalue weighted by molar-refractivity contribution is -0.113. The first-order valence-corrected chi connectivity index (χ1v) is 11.4. The second-order valence-electron chi connectivity index (χ2n) is 8.46. The number of thioether (sulfide) groups is 1. The van der Waals surface area contributed by atoms with Crippen LogP contribution in [0.2, 0.25) is 0 Å². The minimum Gasteiger partial charge on any atom is -0.495 e.